The van der Waals surface area contributed by atoms with E-state index in [0.29, 0.717) is 11.5 Å². The van der Waals surface area contributed by atoms with Gasteiger partial charge in [-0.15, -0.1) is 0 Å². The Kier molecular flexibility index (Phi) is 3.71. The van der Waals surface area contributed by atoms with E-state index in [0.717, 1.165) is 34.2 Å². The van der Waals surface area contributed by atoms with E-state index in [1.54, 1.807) is 0 Å². The fourth-order valence-corrected chi connectivity index (χ4v) is 4.18. The molecule has 144 valence electrons. The highest BCUT2D eigenvalue weighted by Crippen LogP contribution is 2.52. The molecule has 4 aromatic rings. The van der Waals surface area contributed by atoms with Crippen LogP contribution in [0.25, 0.3) is 0 Å². The van der Waals surface area contributed by atoms with Gasteiger partial charge in [-0.05, 0) is 55.0 Å². The van der Waals surface area contributed by atoms with Crippen LogP contribution in [-0.2, 0) is 0 Å². The first kappa shape index (κ1) is 17.0. The molecule has 6 rings (SSSR count). The summed E-state index contributed by atoms with van der Waals surface area (Å²) in [5, 5.41) is 0. The molecule has 3 aromatic carbocycles. The van der Waals surface area contributed by atoms with Crippen molar-refractivity contribution in [3.8, 4) is 17.2 Å². The maximum atomic E-state index is 6.61. The molecule has 0 aliphatic carbocycles. The molecule has 30 heavy (non-hydrogen) atoms. The van der Waals surface area contributed by atoms with Crippen LogP contribution in [-0.4, -0.2) is 12.2 Å². The summed E-state index contributed by atoms with van der Waals surface area (Å²) in [5.41, 5.74) is 4.24. The molecular formula is C24H18BN3O2. The summed E-state index contributed by atoms with van der Waals surface area (Å²) in [6, 6.07) is 28.1. The van der Waals surface area contributed by atoms with Crippen LogP contribution in [0.15, 0.2) is 91.1 Å². The van der Waals surface area contributed by atoms with Gasteiger partial charge in [0.25, 0.3) is 0 Å². The van der Waals surface area contributed by atoms with Crippen molar-refractivity contribution < 1.29 is 9.39 Å². The van der Waals surface area contributed by atoms with Crippen LogP contribution in [0.3, 0.4) is 0 Å². The maximum Gasteiger partial charge on any atom is 0.629 e. The summed E-state index contributed by atoms with van der Waals surface area (Å²) in [5.74, 6) is 3.00. The quantitative estimate of drug-likeness (QED) is 0.381. The van der Waals surface area contributed by atoms with Crippen LogP contribution in [0.4, 0.5) is 22.9 Å². The van der Waals surface area contributed by atoms with E-state index < -0.39 is 7.19 Å². The molecule has 0 atom stereocenters. The summed E-state index contributed by atoms with van der Waals surface area (Å²) in [7, 11) is -0.442. The summed E-state index contributed by atoms with van der Waals surface area (Å²) in [4.78, 5) is 8.98. The van der Waals surface area contributed by atoms with Gasteiger partial charge in [-0.1, -0.05) is 42.5 Å². The van der Waals surface area contributed by atoms with E-state index in [1.807, 2.05) is 66.9 Å². The summed E-state index contributed by atoms with van der Waals surface area (Å²) in [6.45, 7) is 2.12. The van der Waals surface area contributed by atoms with Gasteiger partial charge in [-0.25, -0.2) is 4.98 Å². The van der Waals surface area contributed by atoms with Crippen LogP contribution in [0.2, 0.25) is 0 Å². The molecule has 0 saturated carbocycles. The van der Waals surface area contributed by atoms with Crippen molar-refractivity contribution in [2.45, 2.75) is 6.92 Å². The summed E-state index contributed by atoms with van der Waals surface area (Å²) >= 11 is 0. The van der Waals surface area contributed by atoms with Crippen LogP contribution >= 0.6 is 0 Å². The van der Waals surface area contributed by atoms with E-state index >= 15 is 0 Å². The molecule has 1 aromatic heterocycles. The van der Waals surface area contributed by atoms with Crippen molar-refractivity contribution >= 4 is 30.1 Å². The third kappa shape index (κ3) is 2.47. The van der Waals surface area contributed by atoms with E-state index in [9.17, 15) is 0 Å². The van der Waals surface area contributed by atoms with Gasteiger partial charge in [0.05, 0.1) is 17.1 Å². The first-order valence-electron chi connectivity index (χ1n) is 9.93. The van der Waals surface area contributed by atoms with E-state index in [4.69, 9.17) is 9.39 Å². The molecule has 2 aliphatic heterocycles. The van der Waals surface area contributed by atoms with Crippen molar-refractivity contribution in [2.75, 3.05) is 9.62 Å². The highest BCUT2D eigenvalue weighted by atomic mass is 16.5. The lowest BCUT2D eigenvalue weighted by Crippen LogP contribution is -2.49. The Bertz CT molecular complexity index is 1250. The lowest BCUT2D eigenvalue weighted by molar-refractivity contribution is 0.441. The van der Waals surface area contributed by atoms with Crippen LogP contribution < -0.4 is 19.0 Å². The Labute approximate surface area is 175 Å². The van der Waals surface area contributed by atoms with Crippen LogP contribution in [0, 0.1) is 6.92 Å². The van der Waals surface area contributed by atoms with Gasteiger partial charge < -0.3 is 19.0 Å². The SMILES string of the molecule is Cc1cccc2c1N(c1ccccn1)B1Oc3ccccc3Oc3ccccc3N12. The van der Waals surface area contributed by atoms with Crippen molar-refractivity contribution in [3.05, 3.63) is 96.7 Å². The topological polar surface area (TPSA) is 37.8 Å². The number of pyridine rings is 1. The molecule has 0 radical (unpaired) electrons. The molecular weight excluding hydrogens is 373 g/mol. The molecule has 0 N–H and O–H groups in total. The fraction of sp³-hybridized carbons (Fsp3) is 0.0417. The number of ether oxygens (including phenoxy) is 1. The van der Waals surface area contributed by atoms with Crippen molar-refractivity contribution in [1.29, 1.82) is 0 Å². The zero-order valence-electron chi connectivity index (χ0n) is 16.4. The molecule has 0 amide bonds. The highest BCUT2D eigenvalue weighted by Gasteiger charge is 2.49. The number of nitrogens with zero attached hydrogens (tertiary/aromatic N) is 3. The number of aromatic nitrogens is 1. The standard InChI is InChI=1S/C24H18BN3O2/c1-17-9-8-11-19-24(17)28(23-15-6-7-16-26-23)25-27(19)18-10-2-3-12-20(18)29-21-13-4-5-14-22(21)30-25/h2-16H,1H3. The number of fused-ring (bicyclic) bond motifs is 6. The first-order valence-corrected chi connectivity index (χ1v) is 9.93. The molecule has 0 unspecified atom stereocenters. The smallest absolute Gasteiger partial charge is 0.520 e. The van der Waals surface area contributed by atoms with Gasteiger partial charge in [-0.3, -0.25) is 0 Å². The van der Waals surface area contributed by atoms with Gasteiger partial charge >= 0.3 is 7.19 Å². The normalized spacial score (nSPS) is 13.8. The average molecular weight is 391 g/mol. The van der Waals surface area contributed by atoms with Crippen molar-refractivity contribution in [3.63, 3.8) is 0 Å². The minimum absolute atomic E-state index is 0.442. The van der Waals surface area contributed by atoms with E-state index in [1.165, 1.54) is 0 Å². The summed E-state index contributed by atoms with van der Waals surface area (Å²) < 4.78 is 12.9. The average Bonchev–Trinajstić information content (AvgIpc) is 3.09. The van der Waals surface area contributed by atoms with E-state index in [2.05, 4.69) is 45.8 Å². The molecule has 6 heteroatoms. The predicted octanol–water partition coefficient (Wildman–Crippen LogP) is 5.85. The minimum atomic E-state index is -0.442. The third-order valence-electron chi connectivity index (χ3n) is 5.48. The number of hydrogen-bond acceptors (Lipinski definition) is 5. The van der Waals surface area contributed by atoms with Crippen molar-refractivity contribution in [1.82, 2.24) is 4.98 Å². The monoisotopic (exact) mass is 391 g/mol. The Balaban J connectivity index is 1.65. The van der Waals surface area contributed by atoms with Gasteiger partial charge in [-0.2, -0.15) is 0 Å². The Morgan fingerprint density at radius 3 is 2.27 bits per heavy atom. The molecule has 0 saturated heterocycles. The van der Waals surface area contributed by atoms with Gasteiger partial charge in [0.15, 0.2) is 5.75 Å². The molecule has 0 bridgehead atoms. The largest absolute Gasteiger partial charge is 0.629 e. The fourth-order valence-electron chi connectivity index (χ4n) is 4.18. The second-order valence-electron chi connectivity index (χ2n) is 7.33. The Morgan fingerprint density at radius 2 is 1.43 bits per heavy atom. The minimum Gasteiger partial charge on any atom is -0.520 e. The predicted molar refractivity (Wildman–Crippen MR) is 119 cm³/mol. The van der Waals surface area contributed by atoms with Crippen LogP contribution in [0.1, 0.15) is 5.56 Å². The molecule has 3 heterocycles. The number of hydrogen-bond donors (Lipinski definition) is 0. The second-order valence-corrected chi connectivity index (χ2v) is 7.33. The van der Waals surface area contributed by atoms with E-state index in [-0.39, 0.29) is 0 Å². The van der Waals surface area contributed by atoms with Gasteiger partial charge in [0.2, 0.25) is 0 Å². The maximum absolute atomic E-state index is 6.61. The number of rotatable bonds is 1. The Hall–Kier alpha value is -3.93. The lowest BCUT2D eigenvalue weighted by Gasteiger charge is -2.31. The second kappa shape index (κ2) is 6.56. The number of para-hydroxylation sites is 5. The number of aryl methyl sites for hydroxylation is 1. The van der Waals surface area contributed by atoms with Crippen molar-refractivity contribution in [2.24, 2.45) is 0 Å². The zero-order chi connectivity index (χ0) is 20.1. The molecule has 0 fully saturated rings. The number of anilines is 4. The lowest BCUT2D eigenvalue weighted by atomic mass is 9.93. The van der Waals surface area contributed by atoms with Gasteiger partial charge in [0, 0.05) is 6.20 Å². The summed E-state index contributed by atoms with van der Waals surface area (Å²) in [6.07, 6.45) is 1.81. The van der Waals surface area contributed by atoms with Crippen LogP contribution in [0.5, 0.6) is 17.2 Å². The zero-order valence-corrected chi connectivity index (χ0v) is 16.4. The Morgan fingerprint density at radius 1 is 0.700 bits per heavy atom. The third-order valence-corrected chi connectivity index (χ3v) is 5.48. The van der Waals surface area contributed by atoms with Gasteiger partial charge in [0.1, 0.15) is 17.3 Å². The molecule has 0 spiro atoms. The highest BCUT2D eigenvalue weighted by molar-refractivity contribution is 6.68. The number of benzene rings is 3. The molecule has 5 nitrogen and oxygen atoms in total. The molecule has 2 aliphatic rings. The first-order chi connectivity index (χ1) is 14.8.